The van der Waals surface area contributed by atoms with Crippen LogP contribution in [0.5, 0.6) is 0 Å². The highest BCUT2D eigenvalue weighted by molar-refractivity contribution is 14.1. The van der Waals surface area contributed by atoms with Crippen molar-refractivity contribution in [3.8, 4) is 0 Å². The first-order valence-corrected chi connectivity index (χ1v) is 9.42. The molecule has 0 aliphatic rings. The zero-order valence-corrected chi connectivity index (χ0v) is 16.8. The van der Waals surface area contributed by atoms with E-state index < -0.39 is 0 Å². The van der Waals surface area contributed by atoms with Crippen molar-refractivity contribution >= 4 is 45.2 Å². The van der Waals surface area contributed by atoms with Crippen molar-refractivity contribution in [2.45, 2.75) is 81.0 Å². The van der Waals surface area contributed by atoms with Crippen molar-refractivity contribution in [3.05, 3.63) is 0 Å². The molecule has 4 atom stereocenters. The standard InChI is InChI=1S/C15H30I2/c1-7-12(4)10-11-14(6,8-2)15(17,9-3)13(5)16/h12-13H,7-11H2,1-6H3. The molecule has 0 aliphatic heterocycles. The molecule has 0 fully saturated rings. The highest BCUT2D eigenvalue weighted by Crippen LogP contribution is 2.52. The smallest absolute Gasteiger partial charge is 0.0387 e. The van der Waals surface area contributed by atoms with Gasteiger partial charge in [0.1, 0.15) is 0 Å². The summed E-state index contributed by atoms with van der Waals surface area (Å²) in [5.41, 5.74) is 0.479. The van der Waals surface area contributed by atoms with E-state index in [2.05, 4.69) is 86.7 Å². The molecule has 0 radical (unpaired) electrons. The van der Waals surface area contributed by atoms with Crippen LogP contribution in [-0.2, 0) is 0 Å². The van der Waals surface area contributed by atoms with Crippen LogP contribution in [0.25, 0.3) is 0 Å². The average molecular weight is 464 g/mol. The number of rotatable bonds is 8. The second-order valence-electron chi connectivity index (χ2n) is 5.80. The van der Waals surface area contributed by atoms with Crippen molar-refractivity contribution in [1.29, 1.82) is 0 Å². The fourth-order valence-electron chi connectivity index (χ4n) is 2.64. The molecule has 0 N–H and O–H groups in total. The summed E-state index contributed by atoms with van der Waals surface area (Å²) in [6.07, 6.45) is 6.66. The van der Waals surface area contributed by atoms with E-state index in [9.17, 15) is 0 Å². The number of hydrogen-bond acceptors (Lipinski definition) is 0. The first-order chi connectivity index (χ1) is 7.77. The molecule has 0 rings (SSSR count). The Morgan fingerprint density at radius 1 is 1.06 bits per heavy atom. The van der Waals surface area contributed by atoms with Gasteiger partial charge in [-0.2, -0.15) is 0 Å². The zero-order chi connectivity index (χ0) is 13.7. The van der Waals surface area contributed by atoms with Gasteiger partial charge in [0.05, 0.1) is 0 Å². The molecular weight excluding hydrogens is 434 g/mol. The maximum Gasteiger partial charge on any atom is 0.0387 e. The van der Waals surface area contributed by atoms with Crippen molar-refractivity contribution in [2.75, 3.05) is 0 Å². The molecule has 0 aliphatic carbocycles. The van der Waals surface area contributed by atoms with Crippen LogP contribution in [0.4, 0.5) is 0 Å². The summed E-state index contributed by atoms with van der Waals surface area (Å²) in [6, 6.07) is 0. The molecule has 104 valence electrons. The highest BCUT2D eigenvalue weighted by Gasteiger charge is 2.46. The van der Waals surface area contributed by atoms with Crippen molar-refractivity contribution in [2.24, 2.45) is 11.3 Å². The summed E-state index contributed by atoms with van der Waals surface area (Å²) in [4.78, 5) is 0. The Hall–Kier alpha value is 1.46. The van der Waals surface area contributed by atoms with E-state index >= 15 is 0 Å². The van der Waals surface area contributed by atoms with E-state index in [4.69, 9.17) is 0 Å². The molecule has 0 aromatic rings. The molecule has 0 aromatic carbocycles. The summed E-state index contributed by atoms with van der Waals surface area (Å²) < 4.78 is 1.17. The third-order valence-corrected chi connectivity index (χ3v) is 10.1. The Labute approximate surface area is 136 Å². The van der Waals surface area contributed by atoms with Gasteiger partial charge in [-0.15, -0.1) is 0 Å². The van der Waals surface area contributed by atoms with Crippen LogP contribution < -0.4 is 0 Å². The van der Waals surface area contributed by atoms with Crippen molar-refractivity contribution in [1.82, 2.24) is 0 Å². The highest BCUT2D eigenvalue weighted by atomic mass is 127. The SMILES string of the molecule is CCC(C)CCC(C)(CC)C(I)(CC)C(C)I. The van der Waals surface area contributed by atoms with Gasteiger partial charge in [-0.1, -0.05) is 99.6 Å². The molecular formula is C15H30I2. The number of alkyl halides is 2. The van der Waals surface area contributed by atoms with E-state index in [-0.39, 0.29) is 0 Å². The molecule has 0 spiro atoms. The molecule has 0 bridgehead atoms. The monoisotopic (exact) mass is 464 g/mol. The third kappa shape index (κ3) is 4.50. The van der Waals surface area contributed by atoms with Gasteiger partial charge in [-0.3, -0.25) is 0 Å². The predicted octanol–water partition coefficient (Wildman–Crippen LogP) is 6.64. The van der Waals surface area contributed by atoms with Crippen LogP contribution >= 0.6 is 45.2 Å². The van der Waals surface area contributed by atoms with Gasteiger partial charge in [-0.25, -0.2) is 0 Å². The Bertz CT molecular complexity index is 215. The minimum absolute atomic E-state index is 0.438. The minimum atomic E-state index is 0.438. The molecule has 0 saturated carbocycles. The molecule has 4 unspecified atom stereocenters. The lowest BCUT2D eigenvalue weighted by Gasteiger charge is -2.47. The molecule has 17 heavy (non-hydrogen) atoms. The van der Waals surface area contributed by atoms with Crippen LogP contribution in [0, 0.1) is 11.3 Å². The van der Waals surface area contributed by atoms with Crippen LogP contribution in [0.3, 0.4) is 0 Å². The topological polar surface area (TPSA) is 0 Å². The third-order valence-electron chi connectivity index (χ3n) is 4.81. The van der Waals surface area contributed by atoms with E-state index in [0.29, 0.717) is 8.84 Å². The Morgan fingerprint density at radius 3 is 1.88 bits per heavy atom. The van der Waals surface area contributed by atoms with Crippen LogP contribution in [-0.4, -0.2) is 7.35 Å². The average Bonchev–Trinajstić information content (AvgIpc) is 2.33. The Balaban J connectivity index is 4.85. The molecule has 0 saturated heterocycles. The summed E-state index contributed by atoms with van der Waals surface area (Å²) in [6.45, 7) is 14.3. The van der Waals surface area contributed by atoms with Gasteiger partial charge < -0.3 is 0 Å². The summed E-state index contributed by atoms with van der Waals surface area (Å²) >= 11 is 5.39. The first-order valence-electron chi connectivity index (χ1n) is 7.10. The largest absolute Gasteiger partial charge is 0.0815 e. The number of hydrogen-bond donors (Lipinski definition) is 0. The lowest BCUT2D eigenvalue weighted by molar-refractivity contribution is 0.186. The van der Waals surface area contributed by atoms with Crippen LogP contribution in [0.2, 0.25) is 0 Å². The Morgan fingerprint density at radius 2 is 1.59 bits per heavy atom. The minimum Gasteiger partial charge on any atom is -0.0815 e. The fourth-order valence-corrected chi connectivity index (χ4v) is 4.48. The number of halogens is 2. The predicted molar refractivity (Wildman–Crippen MR) is 97.6 cm³/mol. The van der Waals surface area contributed by atoms with Gasteiger partial charge >= 0.3 is 0 Å². The molecule has 2 heteroatoms. The van der Waals surface area contributed by atoms with E-state index in [1.165, 1.54) is 32.1 Å². The Kier molecular flexibility index (Phi) is 8.59. The molecule has 0 amide bonds. The summed E-state index contributed by atoms with van der Waals surface area (Å²) in [5.74, 6) is 0.878. The maximum atomic E-state index is 2.76. The van der Waals surface area contributed by atoms with Crippen LogP contribution in [0.1, 0.15) is 73.6 Å². The second kappa shape index (κ2) is 7.91. The van der Waals surface area contributed by atoms with Gasteiger partial charge in [0.25, 0.3) is 0 Å². The zero-order valence-electron chi connectivity index (χ0n) is 12.4. The molecule has 0 heterocycles. The van der Waals surface area contributed by atoms with Crippen molar-refractivity contribution in [3.63, 3.8) is 0 Å². The van der Waals surface area contributed by atoms with Gasteiger partial charge in [0, 0.05) is 7.35 Å². The van der Waals surface area contributed by atoms with Crippen molar-refractivity contribution < 1.29 is 0 Å². The second-order valence-corrected chi connectivity index (χ2v) is 9.59. The van der Waals surface area contributed by atoms with E-state index in [0.717, 1.165) is 9.84 Å². The maximum absolute atomic E-state index is 2.76. The van der Waals surface area contributed by atoms with Gasteiger partial charge in [-0.05, 0) is 30.6 Å². The fraction of sp³-hybridized carbons (Fsp3) is 1.00. The lowest BCUT2D eigenvalue weighted by atomic mass is 9.68. The first kappa shape index (κ1) is 18.5. The van der Waals surface area contributed by atoms with E-state index in [1.54, 1.807) is 0 Å². The van der Waals surface area contributed by atoms with E-state index in [1.807, 2.05) is 0 Å². The summed E-state index contributed by atoms with van der Waals surface area (Å²) in [7, 11) is 0. The van der Waals surface area contributed by atoms with Crippen LogP contribution in [0.15, 0.2) is 0 Å². The van der Waals surface area contributed by atoms with Gasteiger partial charge in [0.2, 0.25) is 0 Å². The molecule has 0 aromatic heterocycles. The quantitative estimate of drug-likeness (QED) is 0.279. The van der Waals surface area contributed by atoms with Gasteiger partial charge in [0.15, 0.2) is 0 Å². The summed E-state index contributed by atoms with van der Waals surface area (Å²) in [5, 5.41) is 0. The lowest BCUT2D eigenvalue weighted by Crippen LogP contribution is -2.46. The molecule has 0 nitrogen and oxygen atoms in total. The normalized spacial score (nSPS) is 22.6.